The van der Waals surface area contributed by atoms with Gasteiger partial charge in [-0.25, -0.2) is 4.39 Å². The SMILES string of the molecule is CC1OCCC1(O)CNc1cc(F)cc(F)c1[N+](=O)[O-]. The Morgan fingerprint density at radius 3 is 2.85 bits per heavy atom. The summed E-state index contributed by atoms with van der Waals surface area (Å²) in [5, 5.41) is 23.6. The van der Waals surface area contributed by atoms with Crippen LogP contribution in [0.4, 0.5) is 20.2 Å². The molecule has 1 aromatic carbocycles. The van der Waals surface area contributed by atoms with Gasteiger partial charge in [-0.15, -0.1) is 0 Å². The molecule has 6 nitrogen and oxygen atoms in total. The predicted molar refractivity (Wildman–Crippen MR) is 66.5 cm³/mol. The molecule has 1 aliphatic heterocycles. The van der Waals surface area contributed by atoms with Gasteiger partial charge >= 0.3 is 5.69 Å². The summed E-state index contributed by atoms with van der Waals surface area (Å²) in [6.45, 7) is 1.92. The lowest BCUT2D eigenvalue weighted by Crippen LogP contribution is -2.43. The molecule has 1 aliphatic rings. The smallest absolute Gasteiger partial charge is 0.327 e. The molecule has 20 heavy (non-hydrogen) atoms. The maximum absolute atomic E-state index is 13.4. The Morgan fingerprint density at radius 1 is 1.60 bits per heavy atom. The summed E-state index contributed by atoms with van der Waals surface area (Å²) in [4.78, 5) is 9.88. The number of rotatable bonds is 4. The summed E-state index contributed by atoms with van der Waals surface area (Å²) in [5.74, 6) is -2.20. The number of halogens is 2. The van der Waals surface area contributed by atoms with E-state index in [4.69, 9.17) is 4.74 Å². The van der Waals surface area contributed by atoms with Crippen molar-refractivity contribution in [1.29, 1.82) is 0 Å². The van der Waals surface area contributed by atoms with Crippen LogP contribution in [0.3, 0.4) is 0 Å². The zero-order valence-corrected chi connectivity index (χ0v) is 10.7. The van der Waals surface area contributed by atoms with Crippen LogP contribution in [0.15, 0.2) is 12.1 Å². The van der Waals surface area contributed by atoms with Crippen molar-refractivity contribution < 1.29 is 23.5 Å². The highest BCUT2D eigenvalue weighted by Gasteiger charge is 2.39. The Hall–Kier alpha value is -1.80. The van der Waals surface area contributed by atoms with E-state index in [1.807, 2.05) is 0 Å². The topological polar surface area (TPSA) is 84.6 Å². The minimum atomic E-state index is -1.26. The van der Waals surface area contributed by atoms with E-state index in [0.717, 1.165) is 6.07 Å². The Labute approximate surface area is 113 Å². The number of ether oxygens (including phenoxy) is 1. The molecule has 2 atom stereocenters. The standard InChI is InChI=1S/C12H14F2N2O4/c1-7-12(17,2-3-20-7)6-15-10-5-8(13)4-9(14)11(10)16(18)19/h4-5,7,15,17H,2-3,6H2,1H3. The van der Waals surface area contributed by atoms with Crippen LogP contribution in [0, 0.1) is 21.7 Å². The molecule has 0 bridgehead atoms. The van der Waals surface area contributed by atoms with Gasteiger partial charge in [0.1, 0.15) is 17.1 Å². The van der Waals surface area contributed by atoms with Gasteiger partial charge in [-0.05, 0) is 6.92 Å². The quantitative estimate of drug-likeness (QED) is 0.652. The lowest BCUT2D eigenvalue weighted by molar-refractivity contribution is -0.386. The third-order valence-corrected chi connectivity index (χ3v) is 3.46. The molecule has 1 saturated heterocycles. The van der Waals surface area contributed by atoms with Crippen LogP contribution in [0.1, 0.15) is 13.3 Å². The molecule has 2 unspecified atom stereocenters. The monoisotopic (exact) mass is 288 g/mol. The summed E-state index contributed by atoms with van der Waals surface area (Å²) < 4.78 is 31.8. The van der Waals surface area contributed by atoms with Gasteiger partial charge in [0, 0.05) is 31.7 Å². The van der Waals surface area contributed by atoms with Crippen LogP contribution in [-0.2, 0) is 4.74 Å². The highest BCUT2D eigenvalue weighted by molar-refractivity contribution is 5.62. The first kappa shape index (κ1) is 14.6. The van der Waals surface area contributed by atoms with E-state index in [2.05, 4.69) is 5.32 Å². The van der Waals surface area contributed by atoms with E-state index in [1.165, 1.54) is 0 Å². The van der Waals surface area contributed by atoms with Gasteiger partial charge in [0.05, 0.1) is 11.0 Å². The van der Waals surface area contributed by atoms with Crippen molar-refractivity contribution in [3.63, 3.8) is 0 Å². The number of nitro groups is 1. The van der Waals surface area contributed by atoms with Crippen molar-refractivity contribution in [2.45, 2.75) is 25.0 Å². The average Bonchev–Trinajstić information content (AvgIpc) is 2.66. The van der Waals surface area contributed by atoms with E-state index in [9.17, 15) is 24.0 Å². The molecule has 1 heterocycles. The fourth-order valence-electron chi connectivity index (χ4n) is 2.14. The van der Waals surface area contributed by atoms with Gasteiger partial charge in [-0.2, -0.15) is 4.39 Å². The molecule has 0 saturated carbocycles. The molecule has 110 valence electrons. The minimum absolute atomic E-state index is 0.0993. The fourth-order valence-corrected chi connectivity index (χ4v) is 2.14. The Bertz CT molecular complexity index is 540. The van der Waals surface area contributed by atoms with E-state index >= 15 is 0 Å². The van der Waals surface area contributed by atoms with Crippen LogP contribution in [-0.4, -0.2) is 34.9 Å². The third kappa shape index (κ3) is 2.70. The van der Waals surface area contributed by atoms with Crippen molar-refractivity contribution in [3.8, 4) is 0 Å². The maximum atomic E-state index is 13.4. The molecular weight excluding hydrogens is 274 g/mol. The van der Waals surface area contributed by atoms with Crippen molar-refractivity contribution in [3.05, 3.63) is 33.9 Å². The van der Waals surface area contributed by atoms with Gasteiger partial charge in [-0.1, -0.05) is 0 Å². The summed E-state index contributed by atoms with van der Waals surface area (Å²) in [7, 11) is 0. The van der Waals surface area contributed by atoms with Crippen molar-refractivity contribution in [1.82, 2.24) is 0 Å². The Kier molecular flexibility index (Phi) is 3.87. The van der Waals surface area contributed by atoms with Crippen LogP contribution < -0.4 is 5.32 Å². The molecule has 0 amide bonds. The fraction of sp³-hybridized carbons (Fsp3) is 0.500. The van der Waals surface area contributed by atoms with E-state index < -0.39 is 34.0 Å². The Morgan fingerprint density at radius 2 is 2.30 bits per heavy atom. The van der Waals surface area contributed by atoms with Crippen LogP contribution in [0.5, 0.6) is 0 Å². The zero-order valence-electron chi connectivity index (χ0n) is 10.7. The molecule has 2 rings (SSSR count). The predicted octanol–water partition coefficient (Wildman–Crippen LogP) is 1.82. The number of benzene rings is 1. The molecular formula is C12H14F2N2O4. The average molecular weight is 288 g/mol. The minimum Gasteiger partial charge on any atom is -0.385 e. The maximum Gasteiger partial charge on any atom is 0.327 e. The van der Waals surface area contributed by atoms with Crippen molar-refractivity contribution in [2.24, 2.45) is 0 Å². The molecule has 8 heteroatoms. The summed E-state index contributed by atoms with van der Waals surface area (Å²) in [5.41, 5.74) is -2.38. The van der Waals surface area contributed by atoms with Crippen LogP contribution in [0.2, 0.25) is 0 Å². The molecule has 2 N–H and O–H groups in total. The second kappa shape index (κ2) is 5.29. The molecule has 0 aromatic heterocycles. The van der Waals surface area contributed by atoms with Gasteiger partial charge in [-0.3, -0.25) is 10.1 Å². The zero-order chi connectivity index (χ0) is 14.9. The molecule has 0 radical (unpaired) electrons. The summed E-state index contributed by atoms with van der Waals surface area (Å²) in [6, 6.07) is 1.27. The first-order chi connectivity index (χ1) is 9.33. The second-order valence-corrected chi connectivity index (χ2v) is 4.76. The lowest BCUT2D eigenvalue weighted by Gasteiger charge is -2.26. The number of hydrogen-bond donors (Lipinski definition) is 2. The highest BCUT2D eigenvalue weighted by atomic mass is 19.1. The van der Waals surface area contributed by atoms with E-state index in [0.29, 0.717) is 19.1 Å². The molecule has 1 aromatic rings. The second-order valence-electron chi connectivity index (χ2n) is 4.76. The van der Waals surface area contributed by atoms with E-state index in [1.54, 1.807) is 6.92 Å². The highest BCUT2D eigenvalue weighted by Crippen LogP contribution is 2.31. The molecule has 1 fully saturated rings. The Balaban J connectivity index is 2.23. The number of nitrogens with zero attached hydrogens (tertiary/aromatic N) is 1. The number of aliphatic hydroxyl groups is 1. The third-order valence-electron chi connectivity index (χ3n) is 3.46. The first-order valence-electron chi connectivity index (χ1n) is 6.05. The summed E-state index contributed by atoms with van der Waals surface area (Å²) >= 11 is 0. The van der Waals surface area contributed by atoms with Gasteiger partial charge < -0.3 is 15.2 Å². The number of hydrogen-bond acceptors (Lipinski definition) is 5. The normalized spacial score (nSPS) is 25.7. The summed E-state index contributed by atoms with van der Waals surface area (Å²) in [6.07, 6.45) is -0.125. The van der Waals surface area contributed by atoms with Crippen molar-refractivity contribution >= 4 is 11.4 Å². The molecule has 0 aliphatic carbocycles. The van der Waals surface area contributed by atoms with Gasteiger partial charge in [0.15, 0.2) is 0 Å². The molecule has 0 spiro atoms. The lowest BCUT2D eigenvalue weighted by atomic mass is 9.96. The first-order valence-corrected chi connectivity index (χ1v) is 6.05. The van der Waals surface area contributed by atoms with Crippen molar-refractivity contribution in [2.75, 3.05) is 18.5 Å². The number of nitrogens with one attached hydrogen (secondary N) is 1. The van der Waals surface area contributed by atoms with Gasteiger partial charge in [0.2, 0.25) is 5.82 Å². The van der Waals surface area contributed by atoms with Crippen LogP contribution in [0.25, 0.3) is 0 Å². The van der Waals surface area contributed by atoms with Crippen LogP contribution >= 0.6 is 0 Å². The van der Waals surface area contributed by atoms with E-state index in [-0.39, 0.29) is 12.2 Å². The number of nitro benzene ring substituents is 1. The number of anilines is 1. The van der Waals surface area contributed by atoms with Gasteiger partial charge in [0.25, 0.3) is 0 Å². The largest absolute Gasteiger partial charge is 0.385 e.